The summed E-state index contributed by atoms with van der Waals surface area (Å²) < 4.78 is 5.30. The molecule has 2 rings (SSSR count). The molecule has 112 valence electrons. The number of nitriles is 1. The van der Waals surface area contributed by atoms with Gasteiger partial charge in [-0.1, -0.05) is 13.8 Å². The molecule has 0 aliphatic rings. The highest BCUT2D eigenvalue weighted by Gasteiger charge is 2.31. The molecule has 21 heavy (non-hydrogen) atoms. The van der Waals surface area contributed by atoms with Gasteiger partial charge in [0.25, 0.3) is 0 Å². The van der Waals surface area contributed by atoms with Crippen LogP contribution in [0.1, 0.15) is 26.3 Å². The highest BCUT2D eigenvalue weighted by molar-refractivity contribution is 5.84. The number of hydrogen-bond donors (Lipinski definition) is 1. The van der Waals surface area contributed by atoms with Gasteiger partial charge in [-0.3, -0.25) is 4.90 Å². The van der Waals surface area contributed by atoms with Crippen LogP contribution >= 0.6 is 0 Å². The lowest BCUT2D eigenvalue weighted by Gasteiger charge is -2.34. The fraction of sp³-hybridized carbons (Fsp3) is 0.471. The first-order valence-corrected chi connectivity index (χ1v) is 7.38. The standard InChI is InChI=1S/C17H23N3O/c1-5-20(6-2)17(3,12-18)10-13-11-19-16-8-7-14(21-4)9-15(13)16/h7-9,11,19H,5-6,10H2,1-4H3. The summed E-state index contributed by atoms with van der Waals surface area (Å²) in [6, 6.07) is 8.48. The molecule has 4 nitrogen and oxygen atoms in total. The lowest BCUT2D eigenvalue weighted by atomic mass is 9.92. The largest absolute Gasteiger partial charge is 0.497 e. The zero-order valence-electron chi connectivity index (χ0n) is 13.2. The minimum Gasteiger partial charge on any atom is -0.497 e. The molecule has 1 unspecified atom stereocenters. The summed E-state index contributed by atoms with van der Waals surface area (Å²) in [4.78, 5) is 5.48. The summed E-state index contributed by atoms with van der Waals surface area (Å²) >= 11 is 0. The number of aromatic nitrogens is 1. The number of nitrogens with zero attached hydrogens (tertiary/aromatic N) is 2. The van der Waals surface area contributed by atoms with Gasteiger partial charge in [0.05, 0.1) is 13.2 Å². The molecule has 0 amide bonds. The third-order valence-electron chi connectivity index (χ3n) is 4.21. The number of nitrogens with one attached hydrogen (secondary N) is 1. The van der Waals surface area contributed by atoms with E-state index in [1.165, 1.54) is 0 Å². The molecule has 4 heteroatoms. The van der Waals surface area contributed by atoms with Crippen LogP contribution in [0.15, 0.2) is 24.4 Å². The monoisotopic (exact) mass is 285 g/mol. The Kier molecular flexibility index (Phi) is 4.54. The van der Waals surface area contributed by atoms with Crippen molar-refractivity contribution in [1.82, 2.24) is 9.88 Å². The van der Waals surface area contributed by atoms with Gasteiger partial charge in [0.15, 0.2) is 0 Å². The molecule has 0 saturated heterocycles. The predicted octanol–water partition coefficient (Wildman–Crippen LogP) is 3.34. The number of fused-ring (bicyclic) bond motifs is 1. The van der Waals surface area contributed by atoms with Crippen LogP contribution in [-0.4, -0.2) is 35.6 Å². The minimum atomic E-state index is -0.498. The molecule has 1 atom stereocenters. The maximum Gasteiger partial charge on any atom is 0.119 e. The van der Waals surface area contributed by atoms with Gasteiger partial charge in [-0.05, 0) is 43.8 Å². The fourth-order valence-electron chi connectivity index (χ4n) is 2.95. The van der Waals surface area contributed by atoms with E-state index in [4.69, 9.17) is 4.74 Å². The van der Waals surface area contributed by atoms with Crippen LogP contribution < -0.4 is 4.74 Å². The van der Waals surface area contributed by atoms with Crippen molar-refractivity contribution in [2.24, 2.45) is 0 Å². The molecule has 0 spiro atoms. The smallest absolute Gasteiger partial charge is 0.119 e. The van der Waals surface area contributed by atoms with E-state index in [0.29, 0.717) is 6.42 Å². The van der Waals surface area contributed by atoms with E-state index in [-0.39, 0.29) is 0 Å². The third-order valence-corrected chi connectivity index (χ3v) is 4.21. The highest BCUT2D eigenvalue weighted by Crippen LogP contribution is 2.28. The summed E-state index contributed by atoms with van der Waals surface area (Å²) in [5.41, 5.74) is 1.73. The second-order valence-electron chi connectivity index (χ2n) is 5.46. The zero-order chi connectivity index (χ0) is 15.5. The fourth-order valence-corrected chi connectivity index (χ4v) is 2.95. The van der Waals surface area contributed by atoms with E-state index in [0.717, 1.165) is 35.3 Å². The number of aromatic amines is 1. The topological polar surface area (TPSA) is 52.0 Å². The molecule has 1 aromatic carbocycles. The minimum absolute atomic E-state index is 0.498. The van der Waals surface area contributed by atoms with Gasteiger partial charge >= 0.3 is 0 Å². The van der Waals surface area contributed by atoms with Crippen molar-refractivity contribution in [1.29, 1.82) is 5.26 Å². The molecule has 0 bridgehead atoms. The maximum atomic E-state index is 9.66. The Bertz CT molecular complexity index is 652. The van der Waals surface area contributed by atoms with Crippen LogP contribution in [0, 0.1) is 11.3 Å². The van der Waals surface area contributed by atoms with Crippen molar-refractivity contribution in [3.63, 3.8) is 0 Å². The Morgan fingerprint density at radius 2 is 2.05 bits per heavy atom. The Balaban J connectivity index is 2.40. The zero-order valence-corrected chi connectivity index (χ0v) is 13.2. The molecule has 2 aromatic rings. The Hall–Kier alpha value is -1.99. The van der Waals surface area contributed by atoms with E-state index in [9.17, 15) is 5.26 Å². The lowest BCUT2D eigenvalue weighted by molar-refractivity contribution is 0.169. The van der Waals surface area contributed by atoms with Crippen LogP contribution in [-0.2, 0) is 6.42 Å². The van der Waals surface area contributed by atoms with Gasteiger partial charge in [-0.25, -0.2) is 0 Å². The van der Waals surface area contributed by atoms with E-state index in [2.05, 4.69) is 29.8 Å². The number of H-pyrrole nitrogens is 1. The summed E-state index contributed by atoms with van der Waals surface area (Å²) in [6.07, 6.45) is 2.70. The van der Waals surface area contributed by atoms with Crippen molar-refractivity contribution in [2.45, 2.75) is 32.7 Å². The van der Waals surface area contributed by atoms with Gasteiger partial charge in [0, 0.05) is 23.5 Å². The van der Waals surface area contributed by atoms with Crippen molar-refractivity contribution in [3.8, 4) is 11.8 Å². The molecule has 0 fully saturated rings. The predicted molar refractivity (Wildman–Crippen MR) is 85.5 cm³/mol. The number of likely N-dealkylation sites (N-methyl/N-ethyl adjacent to an activating group) is 1. The van der Waals surface area contributed by atoms with Gasteiger partial charge in [0.2, 0.25) is 0 Å². The molecule has 0 aliphatic carbocycles. The second-order valence-corrected chi connectivity index (χ2v) is 5.46. The Morgan fingerprint density at radius 1 is 1.33 bits per heavy atom. The third kappa shape index (κ3) is 2.88. The van der Waals surface area contributed by atoms with E-state index >= 15 is 0 Å². The molecule has 0 saturated carbocycles. The number of methoxy groups -OCH3 is 1. The van der Waals surface area contributed by atoms with Gasteiger partial charge in [-0.2, -0.15) is 5.26 Å². The summed E-state index contributed by atoms with van der Waals surface area (Å²) in [5, 5.41) is 10.8. The number of hydrogen-bond acceptors (Lipinski definition) is 3. The molecule has 0 aliphatic heterocycles. The lowest BCUT2D eigenvalue weighted by Crippen LogP contribution is -2.46. The second kappa shape index (κ2) is 6.19. The van der Waals surface area contributed by atoms with Crippen LogP contribution in [0.3, 0.4) is 0 Å². The van der Waals surface area contributed by atoms with Crippen LogP contribution in [0.25, 0.3) is 10.9 Å². The Labute approximate surface area is 126 Å². The first-order chi connectivity index (χ1) is 10.1. The maximum absolute atomic E-state index is 9.66. The molecular weight excluding hydrogens is 262 g/mol. The van der Waals surface area contributed by atoms with Crippen LogP contribution in [0.4, 0.5) is 0 Å². The van der Waals surface area contributed by atoms with Crippen LogP contribution in [0.2, 0.25) is 0 Å². The first kappa shape index (κ1) is 15.4. The van der Waals surface area contributed by atoms with Gasteiger partial charge in [0.1, 0.15) is 11.3 Å². The summed E-state index contributed by atoms with van der Waals surface area (Å²) in [5.74, 6) is 0.838. The average Bonchev–Trinajstić information content (AvgIpc) is 2.90. The van der Waals surface area contributed by atoms with Gasteiger partial charge in [-0.15, -0.1) is 0 Å². The summed E-state index contributed by atoms with van der Waals surface area (Å²) in [6.45, 7) is 7.94. The highest BCUT2D eigenvalue weighted by atomic mass is 16.5. The SMILES string of the molecule is CCN(CC)C(C)(C#N)Cc1c[nH]c2ccc(OC)cc12. The van der Waals surface area contributed by atoms with E-state index in [1.807, 2.05) is 31.3 Å². The summed E-state index contributed by atoms with van der Waals surface area (Å²) in [7, 11) is 1.67. The Morgan fingerprint density at radius 3 is 2.62 bits per heavy atom. The number of ether oxygens (including phenoxy) is 1. The number of benzene rings is 1. The van der Waals surface area contributed by atoms with Crippen molar-refractivity contribution < 1.29 is 4.74 Å². The van der Waals surface area contributed by atoms with Gasteiger partial charge < -0.3 is 9.72 Å². The van der Waals surface area contributed by atoms with Crippen molar-refractivity contribution in [3.05, 3.63) is 30.0 Å². The van der Waals surface area contributed by atoms with E-state index < -0.39 is 5.54 Å². The number of rotatable bonds is 6. The normalized spacial score (nSPS) is 14.1. The molecular formula is C17H23N3O. The molecule has 1 aromatic heterocycles. The molecule has 1 N–H and O–H groups in total. The molecule has 1 heterocycles. The first-order valence-electron chi connectivity index (χ1n) is 7.38. The average molecular weight is 285 g/mol. The quantitative estimate of drug-likeness (QED) is 0.885. The van der Waals surface area contributed by atoms with E-state index in [1.54, 1.807) is 7.11 Å². The van der Waals surface area contributed by atoms with Crippen molar-refractivity contribution >= 4 is 10.9 Å². The van der Waals surface area contributed by atoms with Crippen molar-refractivity contribution in [2.75, 3.05) is 20.2 Å². The molecule has 0 radical (unpaired) electrons. The van der Waals surface area contributed by atoms with Crippen LogP contribution in [0.5, 0.6) is 5.75 Å².